The molecule has 0 fully saturated rings. The molecule has 0 heterocycles. The van der Waals surface area contributed by atoms with Gasteiger partial charge in [0.25, 0.3) is 0 Å². The van der Waals surface area contributed by atoms with Crippen molar-refractivity contribution in [3.05, 3.63) is 34.1 Å². The van der Waals surface area contributed by atoms with Gasteiger partial charge in [0.15, 0.2) is 0 Å². The molecule has 0 saturated carbocycles. The van der Waals surface area contributed by atoms with Crippen LogP contribution in [0.15, 0.2) is 22.7 Å². The predicted octanol–water partition coefficient (Wildman–Crippen LogP) is 3.26. The van der Waals surface area contributed by atoms with Gasteiger partial charge in [-0.3, -0.25) is 0 Å². The molecule has 1 aromatic rings. The van der Waals surface area contributed by atoms with Gasteiger partial charge in [-0.25, -0.2) is 4.39 Å². The summed E-state index contributed by atoms with van der Waals surface area (Å²) in [5.41, 5.74) is 1.04. The summed E-state index contributed by atoms with van der Waals surface area (Å²) in [5, 5.41) is 3.27. The number of hydrogen-bond donors (Lipinski definition) is 1. The Morgan fingerprint density at radius 3 is 2.93 bits per heavy atom. The molecule has 1 rings (SSSR count). The van der Waals surface area contributed by atoms with Gasteiger partial charge in [-0.2, -0.15) is 0 Å². The van der Waals surface area contributed by atoms with Crippen LogP contribution in [-0.4, -0.2) is 6.54 Å². The fraction of sp³-hybridized carbons (Fsp3) is 0.333. The Kier molecular flexibility index (Phi) is 4.80. The molecule has 1 unspecified atom stereocenters. The summed E-state index contributed by atoms with van der Waals surface area (Å²) in [5.74, 6) is 2.33. The Balaban J connectivity index is 2.66. The maximum Gasteiger partial charge on any atom is 0.124 e. The Labute approximate surface area is 98.2 Å². The second-order valence-corrected chi connectivity index (χ2v) is 4.15. The minimum absolute atomic E-state index is 0.160. The van der Waals surface area contributed by atoms with Gasteiger partial charge < -0.3 is 5.32 Å². The quantitative estimate of drug-likeness (QED) is 0.654. The van der Waals surface area contributed by atoms with Crippen molar-refractivity contribution in [3.8, 4) is 12.3 Å². The summed E-state index contributed by atoms with van der Waals surface area (Å²) in [7, 11) is 0. The van der Waals surface area contributed by atoms with E-state index < -0.39 is 0 Å². The fourth-order valence-corrected chi connectivity index (χ4v) is 2.02. The fourth-order valence-electron chi connectivity index (χ4n) is 1.32. The topological polar surface area (TPSA) is 12.0 Å². The zero-order valence-corrected chi connectivity index (χ0v) is 10.1. The third-order valence-corrected chi connectivity index (χ3v) is 2.84. The average molecular weight is 270 g/mol. The van der Waals surface area contributed by atoms with Crippen molar-refractivity contribution >= 4 is 15.9 Å². The molecule has 0 saturated heterocycles. The second-order valence-electron chi connectivity index (χ2n) is 3.30. The van der Waals surface area contributed by atoms with Crippen LogP contribution in [-0.2, 0) is 0 Å². The first-order chi connectivity index (χ1) is 7.15. The van der Waals surface area contributed by atoms with E-state index in [0.29, 0.717) is 6.42 Å². The van der Waals surface area contributed by atoms with Crippen molar-refractivity contribution in [1.29, 1.82) is 0 Å². The molecule has 0 aromatic heterocycles. The summed E-state index contributed by atoms with van der Waals surface area (Å²) in [4.78, 5) is 0. The highest BCUT2D eigenvalue weighted by Crippen LogP contribution is 2.23. The first-order valence-electron chi connectivity index (χ1n) is 4.77. The molecule has 80 valence electrons. The van der Waals surface area contributed by atoms with Gasteiger partial charge in [0.2, 0.25) is 0 Å². The standard InChI is InChI=1S/C12H13BrFN/c1-3-4-7-15-9(2)11-6-5-10(14)8-12(11)13/h1,5-6,8-9,15H,4,7H2,2H3. The summed E-state index contributed by atoms with van der Waals surface area (Å²) in [6.45, 7) is 2.79. The molecule has 1 aromatic carbocycles. The van der Waals surface area contributed by atoms with Crippen LogP contribution in [0.25, 0.3) is 0 Å². The van der Waals surface area contributed by atoms with Crippen LogP contribution in [0.5, 0.6) is 0 Å². The third kappa shape index (κ3) is 3.65. The minimum Gasteiger partial charge on any atom is -0.309 e. The molecule has 0 spiro atoms. The molecule has 0 aliphatic rings. The highest BCUT2D eigenvalue weighted by Gasteiger charge is 2.08. The van der Waals surface area contributed by atoms with Crippen molar-refractivity contribution in [2.75, 3.05) is 6.54 Å². The molecular formula is C12H13BrFN. The third-order valence-electron chi connectivity index (χ3n) is 2.15. The van der Waals surface area contributed by atoms with Gasteiger partial charge in [0, 0.05) is 23.5 Å². The number of halogens is 2. The summed E-state index contributed by atoms with van der Waals surface area (Å²) in [6, 6.07) is 4.86. The zero-order chi connectivity index (χ0) is 11.3. The average Bonchev–Trinajstić information content (AvgIpc) is 2.17. The lowest BCUT2D eigenvalue weighted by Gasteiger charge is -2.14. The molecule has 0 bridgehead atoms. The largest absolute Gasteiger partial charge is 0.309 e. The lowest BCUT2D eigenvalue weighted by atomic mass is 10.1. The molecule has 3 heteroatoms. The molecular weight excluding hydrogens is 257 g/mol. The highest BCUT2D eigenvalue weighted by atomic mass is 79.9. The molecule has 0 aliphatic carbocycles. The van der Waals surface area contributed by atoms with Crippen LogP contribution in [0.1, 0.15) is 24.9 Å². The van der Waals surface area contributed by atoms with Crippen LogP contribution in [0, 0.1) is 18.2 Å². The number of rotatable bonds is 4. The first kappa shape index (κ1) is 12.2. The number of nitrogens with one attached hydrogen (secondary N) is 1. The Morgan fingerprint density at radius 2 is 2.33 bits per heavy atom. The van der Waals surface area contributed by atoms with Gasteiger partial charge >= 0.3 is 0 Å². The number of hydrogen-bond acceptors (Lipinski definition) is 1. The Bertz CT molecular complexity index is 370. The van der Waals surface area contributed by atoms with E-state index in [9.17, 15) is 4.39 Å². The van der Waals surface area contributed by atoms with Crippen molar-refractivity contribution in [3.63, 3.8) is 0 Å². The van der Waals surface area contributed by atoms with E-state index in [-0.39, 0.29) is 11.9 Å². The maximum atomic E-state index is 12.8. The summed E-state index contributed by atoms with van der Waals surface area (Å²) >= 11 is 3.34. The normalized spacial score (nSPS) is 12.1. The zero-order valence-electron chi connectivity index (χ0n) is 8.56. The van der Waals surface area contributed by atoms with Gasteiger partial charge in [0.1, 0.15) is 5.82 Å². The second kappa shape index (κ2) is 5.89. The molecule has 0 aliphatic heterocycles. The van der Waals surface area contributed by atoms with Crippen LogP contribution in [0.3, 0.4) is 0 Å². The molecule has 1 atom stereocenters. The lowest BCUT2D eigenvalue weighted by molar-refractivity contribution is 0.577. The van der Waals surface area contributed by atoms with E-state index in [1.54, 1.807) is 6.07 Å². The Morgan fingerprint density at radius 1 is 1.60 bits per heavy atom. The van der Waals surface area contributed by atoms with E-state index in [0.717, 1.165) is 16.6 Å². The van der Waals surface area contributed by atoms with Gasteiger partial charge in [-0.1, -0.05) is 22.0 Å². The van der Waals surface area contributed by atoms with Gasteiger partial charge in [-0.05, 0) is 24.6 Å². The lowest BCUT2D eigenvalue weighted by Crippen LogP contribution is -2.19. The van der Waals surface area contributed by atoms with E-state index in [1.807, 2.05) is 6.92 Å². The van der Waals surface area contributed by atoms with Crippen LogP contribution < -0.4 is 5.32 Å². The van der Waals surface area contributed by atoms with E-state index in [1.165, 1.54) is 12.1 Å². The summed E-state index contributed by atoms with van der Waals surface area (Å²) in [6.07, 6.45) is 5.85. The monoisotopic (exact) mass is 269 g/mol. The number of terminal acetylenes is 1. The van der Waals surface area contributed by atoms with Crippen molar-refractivity contribution in [2.45, 2.75) is 19.4 Å². The van der Waals surface area contributed by atoms with Crippen molar-refractivity contribution in [1.82, 2.24) is 5.32 Å². The minimum atomic E-state index is -0.235. The molecule has 1 nitrogen and oxygen atoms in total. The van der Waals surface area contributed by atoms with E-state index in [4.69, 9.17) is 6.42 Å². The highest BCUT2D eigenvalue weighted by molar-refractivity contribution is 9.10. The number of benzene rings is 1. The SMILES string of the molecule is C#CCCNC(C)c1ccc(F)cc1Br. The van der Waals surface area contributed by atoms with Gasteiger partial charge in [0.05, 0.1) is 0 Å². The van der Waals surface area contributed by atoms with Crippen molar-refractivity contribution in [2.24, 2.45) is 0 Å². The van der Waals surface area contributed by atoms with Crippen LogP contribution in [0.2, 0.25) is 0 Å². The summed E-state index contributed by atoms with van der Waals surface area (Å²) < 4.78 is 13.6. The van der Waals surface area contributed by atoms with Crippen LogP contribution in [0.4, 0.5) is 4.39 Å². The van der Waals surface area contributed by atoms with Gasteiger partial charge in [-0.15, -0.1) is 12.3 Å². The molecule has 0 amide bonds. The first-order valence-corrected chi connectivity index (χ1v) is 5.56. The van der Waals surface area contributed by atoms with Crippen molar-refractivity contribution < 1.29 is 4.39 Å². The van der Waals surface area contributed by atoms with E-state index in [2.05, 4.69) is 27.2 Å². The smallest absolute Gasteiger partial charge is 0.124 e. The maximum absolute atomic E-state index is 12.8. The van der Waals surface area contributed by atoms with Crippen LogP contribution >= 0.6 is 15.9 Å². The molecule has 1 N–H and O–H groups in total. The predicted molar refractivity (Wildman–Crippen MR) is 64.0 cm³/mol. The Hall–Kier alpha value is -0.850. The molecule has 15 heavy (non-hydrogen) atoms. The van der Waals surface area contributed by atoms with E-state index >= 15 is 0 Å². The molecule has 0 radical (unpaired) electrons.